The minimum absolute atomic E-state index is 0.313. The molecule has 2 heterocycles. The second-order valence-corrected chi connectivity index (χ2v) is 6.69. The predicted octanol–water partition coefficient (Wildman–Crippen LogP) is 4.72. The summed E-state index contributed by atoms with van der Waals surface area (Å²) in [6, 6.07) is 15.1. The molecule has 2 aliphatic rings. The lowest BCUT2D eigenvalue weighted by molar-refractivity contribution is 0.134. The van der Waals surface area contributed by atoms with E-state index in [4.69, 9.17) is 9.47 Å². The van der Waals surface area contributed by atoms with Crippen LogP contribution in [0.25, 0.3) is 0 Å². The molecule has 0 amide bonds. The van der Waals surface area contributed by atoms with Gasteiger partial charge in [0.1, 0.15) is 5.75 Å². The van der Waals surface area contributed by atoms with Crippen LogP contribution < -0.4 is 4.74 Å². The van der Waals surface area contributed by atoms with Crippen molar-refractivity contribution in [2.24, 2.45) is 0 Å². The van der Waals surface area contributed by atoms with Gasteiger partial charge in [-0.3, -0.25) is 0 Å². The Morgan fingerprint density at radius 2 is 1.90 bits per heavy atom. The van der Waals surface area contributed by atoms with Crippen LogP contribution in [0.5, 0.6) is 5.75 Å². The summed E-state index contributed by atoms with van der Waals surface area (Å²) in [5.41, 5.74) is 5.30. The van der Waals surface area contributed by atoms with Gasteiger partial charge in [0.25, 0.3) is 0 Å². The summed E-state index contributed by atoms with van der Waals surface area (Å²) in [7, 11) is 0. The van der Waals surface area contributed by atoms with Crippen molar-refractivity contribution in [3.05, 3.63) is 64.7 Å². The van der Waals surface area contributed by atoms with Crippen molar-refractivity contribution < 1.29 is 9.47 Å². The van der Waals surface area contributed by atoms with E-state index in [2.05, 4.69) is 52.3 Å². The normalized spacial score (nSPS) is 21.3. The Balaban J connectivity index is 1.68. The number of alkyl halides is 1. The average Bonchev–Trinajstić information content (AvgIpc) is 3.01. The van der Waals surface area contributed by atoms with Gasteiger partial charge in [-0.25, -0.2) is 0 Å². The lowest BCUT2D eigenvalue weighted by atomic mass is 9.86. The third kappa shape index (κ3) is 2.39. The summed E-state index contributed by atoms with van der Waals surface area (Å²) in [6.07, 6.45) is 1.04. The van der Waals surface area contributed by atoms with E-state index >= 15 is 0 Å². The number of hydrogen-bond donors (Lipinski definition) is 0. The number of para-hydroxylation sites is 1. The van der Waals surface area contributed by atoms with Crippen LogP contribution in [0.2, 0.25) is 0 Å². The van der Waals surface area contributed by atoms with Crippen LogP contribution in [0.3, 0.4) is 0 Å². The maximum absolute atomic E-state index is 5.77. The number of benzene rings is 2. The molecule has 0 saturated carbocycles. The van der Waals surface area contributed by atoms with E-state index in [-0.39, 0.29) is 0 Å². The first-order chi connectivity index (χ1) is 10.3. The molecule has 0 aliphatic carbocycles. The number of fused-ring (bicyclic) bond motifs is 2. The second kappa shape index (κ2) is 5.47. The zero-order chi connectivity index (χ0) is 14.2. The Morgan fingerprint density at radius 1 is 1.05 bits per heavy atom. The highest BCUT2D eigenvalue weighted by atomic mass is 79.9. The molecule has 4 rings (SSSR count). The number of hydrogen-bond acceptors (Lipinski definition) is 2. The van der Waals surface area contributed by atoms with Crippen LogP contribution in [-0.4, -0.2) is 6.61 Å². The zero-order valence-electron chi connectivity index (χ0n) is 11.7. The van der Waals surface area contributed by atoms with Gasteiger partial charge in [0, 0.05) is 10.7 Å². The second-order valence-electron chi connectivity index (χ2n) is 5.70. The molecule has 21 heavy (non-hydrogen) atoms. The quantitative estimate of drug-likeness (QED) is 0.734. The third-order valence-corrected chi connectivity index (χ3v) is 5.59. The first-order valence-electron chi connectivity index (χ1n) is 7.38. The fraction of sp³-hybridized carbons (Fsp3) is 0.333. The number of rotatable bonds is 2. The summed E-state index contributed by atoms with van der Waals surface area (Å²) < 4.78 is 11.3. The summed E-state index contributed by atoms with van der Waals surface area (Å²) >= 11 is 3.93. The molecule has 0 bridgehead atoms. The van der Waals surface area contributed by atoms with E-state index in [0.29, 0.717) is 10.7 Å². The van der Waals surface area contributed by atoms with Crippen molar-refractivity contribution in [2.45, 2.75) is 30.4 Å². The highest BCUT2D eigenvalue weighted by Crippen LogP contribution is 2.46. The van der Waals surface area contributed by atoms with Crippen molar-refractivity contribution in [3.8, 4) is 5.75 Å². The Kier molecular flexibility index (Phi) is 3.48. The molecule has 2 nitrogen and oxygen atoms in total. The van der Waals surface area contributed by atoms with Crippen molar-refractivity contribution in [1.29, 1.82) is 0 Å². The molecule has 0 radical (unpaired) electrons. The number of halogens is 1. The van der Waals surface area contributed by atoms with Crippen molar-refractivity contribution in [3.63, 3.8) is 0 Å². The SMILES string of the molecule is BrC(c1ccc2c(c1)COC2)C1CCOc2ccccc21. The topological polar surface area (TPSA) is 18.5 Å². The Bertz CT molecular complexity index is 668. The Labute approximate surface area is 133 Å². The highest BCUT2D eigenvalue weighted by molar-refractivity contribution is 9.09. The average molecular weight is 345 g/mol. The summed E-state index contributed by atoms with van der Waals surface area (Å²) in [4.78, 5) is 0.313. The molecular weight excluding hydrogens is 328 g/mol. The van der Waals surface area contributed by atoms with Crippen molar-refractivity contribution in [1.82, 2.24) is 0 Å². The van der Waals surface area contributed by atoms with Crippen LogP contribution in [0.15, 0.2) is 42.5 Å². The van der Waals surface area contributed by atoms with E-state index in [9.17, 15) is 0 Å². The van der Waals surface area contributed by atoms with Gasteiger partial charge in [-0.1, -0.05) is 52.3 Å². The minimum atomic E-state index is 0.313. The van der Waals surface area contributed by atoms with Gasteiger partial charge < -0.3 is 9.47 Å². The summed E-state index contributed by atoms with van der Waals surface area (Å²) in [5.74, 6) is 1.48. The maximum atomic E-state index is 5.77. The van der Waals surface area contributed by atoms with Crippen LogP contribution in [0.1, 0.15) is 39.4 Å². The van der Waals surface area contributed by atoms with Gasteiger partial charge in [0.15, 0.2) is 0 Å². The van der Waals surface area contributed by atoms with Gasteiger partial charge in [0.2, 0.25) is 0 Å². The smallest absolute Gasteiger partial charge is 0.122 e. The molecular formula is C18H17BrO2. The third-order valence-electron chi connectivity index (χ3n) is 4.42. The van der Waals surface area contributed by atoms with Crippen LogP contribution in [-0.2, 0) is 18.0 Å². The molecule has 2 aliphatic heterocycles. The van der Waals surface area contributed by atoms with Crippen molar-refractivity contribution >= 4 is 15.9 Å². The molecule has 0 saturated heterocycles. The van der Waals surface area contributed by atoms with E-state index in [1.54, 1.807) is 0 Å². The first kappa shape index (κ1) is 13.4. The first-order valence-corrected chi connectivity index (χ1v) is 8.30. The molecule has 0 aromatic heterocycles. The molecule has 2 aromatic carbocycles. The zero-order valence-corrected chi connectivity index (χ0v) is 13.3. The van der Waals surface area contributed by atoms with Crippen LogP contribution >= 0.6 is 15.9 Å². The van der Waals surface area contributed by atoms with Gasteiger partial charge in [0.05, 0.1) is 19.8 Å². The fourth-order valence-electron chi connectivity index (χ4n) is 3.27. The molecule has 3 heteroatoms. The molecule has 2 atom stereocenters. The fourth-order valence-corrected chi connectivity index (χ4v) is 4.10. The van der Waals surface area contributed by atoms with E-state index in [1.165, 1.54) is 22.3 Å². The van der Waals surface area contributed by atoms with Gasteiger partial charge in [-0.05, 0) is 34.7 Å². The minimum Gasteiger partial charge on any atom is -0.493 e. The van der Waals surface area contributed by atoms with Gasteiger partial charge in [-0.15, -0.1) is 0 Å². The molecule has 0 N–H and O–H groups in total. The monoisotopic (exact) mass is 344 g/mol. The number of ether oxygens (including phenoxy) is 2. The summed E-state index contributed by atoms with van der Waals surface area (Å²) in [5, 5.41) is 0. The van der Waals surface area contributed by atoms with Crippen LogP contribution in [0, 0.1) is 0 Å². The lowest BCUT2D eigenvalue weighted by Crippen LogP contribution is -2.17. The van der Waals surface area contributed by atoms with Crippen molar-refractivity contribution in [2.75, 3.05) is 6.61 Å². The van der Waals surface area contributed by atoms with E-state index in [0.717, 1.165) is 32.0 Å². The predicted molar refractivity (Wildman–Crippen MR) is 85.9 cm³/mol. The highest BCUT2D eigenvalue weighted by Gasteiger charge is 2.28. The van der Waals surface area contributed by atoms with E-state index in [1.807, 2.05) is 6.07 Å². The largest absolute Gasteiger partial charge is 0.493 e. The van der Waals surface area contributed by atoms with Gasteiger partial charge in [-0.2, -0.15) is 0 Å². The maximum Gasteiger partial charge on any atom is 0.122 e. The van der Waals surface area contributed by atoms with E-state index < -0.39 is 0 Å². The molecule has 0 spiro atoms. The standard InChI is InChI=1S/C18H17BrO2/c19-18(12-5-6-13-10-20-11-14(13)9-12)16-7-8-21-17-4-2-1-3-15(16)17/h1-6,9,16,18H,7-8,10-11H2. The molecule has 0 fully saturated rings. The molecule has 2 unspecified atom stereocenters. The Morgan fingerprint density at radius 3 is 2.86 bits per heavy atom. The lowest BCUT2D eigenvalue weighted by Gasteiger charge is -2.29. The van der Waals surface area contributed by atoms with Gasteiger partial charge >= 0.3 is 0 Å². The summed E-state index contributed by atoms with van der Waals surface area (Å²) in [6.45, 7) is 2.29. The molecule has 2 aromatic rings. The molecule has 108 valence electrons. The van der Waals surface area contributed by atoms with Crippen LogP contribution in [0.4, 0.5) is 0 Å². The Hall–Kier alpha value is -1.32.